The van der Waals surface area contributed by atoms with Gasteiger partial charge in [0.1, 0.15) is 63.2 Å². The molecule has 0 aliphatic heterocycles. The van der Waals surface area contributed by atoms with Crippen LogP contribution < -0.4 is 130 Å². The Hall–Kier alpha value is -1.74. The molecule has 0 aromatic heterocycles. The molecule has 0 aliphatic carbocycles. The summed E-state index contributed by atoms with van der Waals surface area (Å²) in [6, 6.07) is 8.52. The summed E-state index contributed by atoms with van der Waals surface area (Å²) in [5, 5.41) is 34.0. The van der Waals surface area contributed by atoms with E-state index in [1.165, 1.54) is 12.1 Å². The Morgan fingerprint density at radius 3 is 1.05 bits per heavy atom. The smallest absolute Gasteiger partial charge is 0.744 e. The largest absolute Gasteiger partial charge is 1.00 e. The summed E-state index contributed by atoms with van der Waals surface area (Å²) in [7, 11) is -21.5. The summed E-state index contributed by atoms with van der Waals surface area (Å²) < 4.78 is 138. The van der Waals surface area contributed by atoms with Gasteiger partial charge in [-0.1, -0.05) is 12.1 Å². The van der Waals surface area contributed by atoms with E-state index in [1.54, 1.807) is 0 Å². The van der Waals surface area contributed by atoms with Gasteiger partial charge in [-0.25, -0.2) is 43.3 Å². The summed E-state index contributed by atoms with van der Waals surface area (Å²) in [5.74, 6) is -3.15. The predicted octanol–water partition coefficient (Wildman–Crippen LogP) is -9.70. The summed E-state index contributed by atoms with van der Waals surface area (Å²) in [5.41, 5.74) is 6.57. The maximum Gasteiger partial charge on any atom is 1.00 e. The third-order valence-corrected chi connectivity index (χ3v) is 10.2. The van der Waals surface area contributed by atoms with Crippen LogP contribution in [0.25, 0.3) is 0 Å². The van der Waals surface area contributed by atoms with E-state index in [0.717, 1.165) is 24.3 Å². The van der Waals surface area contributed by atoms with Crippen LogP contribution in [0.1, 0.15) is 31.8 Å². The van der Waals surface area contributed by atoms with Crippen molar-refractivity contribution in [2.24, 2.45) is 20.5 Å². The first-order valence-electron chi connectivity index (χ1n) is 13.5. The van der Waals surface area contributed by atoms with Crippen molar-refractivity contribution in [1.29, 1.82) is 0 Å². The first kappa shape index (κ1) is 55.3. The van der Waals surface area contributed by atoms with Crippen molar-refractivity contribution in [3.8, 4) is 0 Å². The van der Waals surface area contributed by atoms with E-state index >= 15 is 0 Å². The van der Waals surface area contributed by atoms with Gasteiger partial charge in [-0.05, 0) is 66.1 Å². The molecule has 0 spiro atoms. The van der Waals surface area contributed by atoms with Gasteiger partial charge >= 0.3 is 130 Å². The van der Waals surface area contributed by atoms with Crippen LogP contribution in [0.5, 0.6) is 0 Å². The Labute approximate surface area is 411 Å². The van der Waals surface area contributed by atoms with E-state index < -0.39 is 117 Å². The molecule has 6 N–H and O–H groups in total. The van der Waals surface area contributed by atoms with Gasteiger partial charge < -0.3 is 39.9 Å². The van der Waals surface area contributed by atoms with Crippen molar-refractivity contribution in [2.75, 3.05) is 11.5 Å². The zero-order valence-electron chi connectivity index (χ0n) is 29.7. The Kier molecular flexibility index (Phi) is 20.5. The molecule has 30 heteroatoms. The van der Waals surface area contributed by atoms with Gasteiger partial charge in [0.05, 0.1) is 42.1 Å². The molecule has 22 nitrogen and oxygen atoms in total. The average molecular weight is 903 g/mol. The molecular weight excluding hydrogens is 885 g/mol. The van der Waals surface area contributed by atoms with Crippen molar-refractivity contribution in [1.82, 2.24) is 0 Å². The molecule has 0 unspecified atom stereocenters. The Morgan fingerprint density at radius 2 is 0.789 bits per heavy atom. The van der Waals surface area contributed by atoms with Crippen LogP contribution in [0, 0.1) is 0 Å². The molecule has 0 saturated heterocycles. The van der Waals surface area contributed by atoms with Crippen molar-refractivity contribution in [2.45, 2.75) is 26.0 Å². The number of nitrogen functional groups attached to an aromatic ring is 2. The van der Waals surface area contributed by atoms with Crippen LogP contribution in [0.3, 0.4) is 0 Å². The fourth-order valence-electron chi connectivity index (χ4n) is 4.40. The van der Waals surface area contributed by atoms with Crippen molar-refractivity contribution in [3.63, 3.8) is 0 Å². The SMILES string of the molecule is Nc1c(N=Nc2ccc(Cc3ccc(N=Nc4cc(S(=O)(=O)[O-])cc(S(=O)(=O)[O-])c4N)c(C(=O)O)c3)cc2C(=O)O)cc(S(=O)(=O)[O-])cc1S(=O)(=O)[O-].[Na+].[Na+].[Na+].[Na+]. The zero-order valence-corrected chi connectivity index (χ0v) is 40.9. The van der Waals surface area contributed by atoms with Crippen LogP contribution in [0.4, 0.5) is 34.1 Å². The molecule has 0 heterocycles. The third-order valence-electron chi connectivity index (χ3n) is 6.83. The van der Waals surface area contributed by atoms with Gasteiger partial charge in [0.15, 0.2) is 0 Å². The maximum absolute atomic E-state index is 12.1. The number of nitrogens with zero attached hydrogens (tertiary/aromatic N) is 4. The van der Waals surface area contributed by atoms with Crippen molar-refractivity contribution in [3.05, 3.63) is 82.9 Å². The molecule has 4 rings (SSSR count). The van der Waals surface area contributed by atoms with E-state index in [9.17, 15) is 71.7 Å². The van der Waals surface area contributed by atoms with Crippen LogP contribution in [0.2, 0.25) is 0 Å². The Bertz CT molecular complexity index is 2570. The number of carbonyl (C=O) groups is 2. The van der Waals surface area contributed by atoms with Crippen LogP contribution in [-0.2, 0) is 46.9 Å². The van der Waals surface area contributed by atoms with Crippen molar-refractivity contribution < 1.29 is 190 Å². The van der Waals surface area contributed by atoms with Gasteiger partial charge in [-0.2, -0.15) is 0 Å². The number of nitrogens with two attached hydrogens (primary N) is 2. The molecule has 0 bridgehead atoms. The first-order valence-corrected chi connectivity index (χ1v) is 19.2. The van der Waals surface area contributed by atoms with Crippen molar-refractivity contribution >= 4 is 86.5 Å². The fraction of sp³-hybridized carbons (Fsp3) is 0.0370. The molecular formula is C27H18N6Na4O16S4. The number of benzene rings is 4. The summed E-state index contributed by atoms with van der Waals surface area (Å²) in [6.07, 6.45) is -0.141. The maximum atomic E-state index is 12.1. The van der Waals surface area contributed by atoms with Gasteiger partial charge in [0.25, 0.3) is 0 Å². The normalized spacial score (nSPS) is 11.9. The number of hydrogen-bond donors (Lipinski definition) is 4. The second-order valence-corrected chi connectivity index (χ2v) is 15.9. The number of aromatic carboxylic acids is 2. The topological polar surface area (TPSA) is 405 Å². The molecule has 0 amide bonds. The fourth-order valence-corrected chi connectivity index (χ4v) is 6.87. The summed E-state index contributed by atoms with van der Waals surface area (Å²) in [6.45, 7) is 0. The van der Waals surface area contributed by atoms with E-state index in [4.69, 9.17) is 11.5 Å². The Morgan fingerprint density at radius 1 is 0.491 bits per heavy atom. The van der Waals surface area contributed by atoms with Crippen LogP contribution >= 0.6 is 0 Å². The van der Waals surface area contributed by atoms with Crippen LogP contribution in [0.15, 0.2) is 101 Å². The quantitative estimate of drug-likeness (QED) is 0.0444. The molecule has 4 aromatic rings. The average Bonchev–Trinajstić information content (AvgIpc) is 3.02. The van der Waals surface area contributed by atoms with Crippen LogP contribution in [-0.4, -0.2) is 74.0 Å². The monoisotopic (exact) mass is 902 g/mol. The Balaban J connectivity index is 0.00000784. The molecule has 0 aliphatic rings. The van der Waals surface area contributed by atoms with E-state index in [0.29, 0.717) is 12.1 Å². The molecule has 0 atom stereocenters. The number of azo groups is 2. The number of carboxylic acids is 2. The number of carboxylic acid groups (broad SMARTS) is 2. The zero-order chi connectivity index (χ0) is 39.8. The molecule has 4 aromatic carbocycles. The molecule has 0 saturated carbocycles. The summed E-state index contributed by atoms with van der Waals surface area (Å²) >= 11 is 0. The molecule has 0 fully saturated rings. The minimum Gasteiger partial charge on any atom is -0.744 e. The third kappa shape index (κ3) is 14.2. The van der Waals surface area contributed by atoms with E-state index in [-0.39, 0.29) is 148 Å². The number of hydrogen-bond acceptors (Lipinski definition) is 20. The van der Waals surface area contributed by atoms with Gasteiger partial charge in [0.2, 0.25) is 0 Å². The minimum absolute atomic E-state index is 0. The molecule has 280 valence electrons. The second kappa shape index (κ2) is 21.2. The van der Waals surface area contributed by atoms with E-state index in [1.807, 2.05) is 0 Å². The standard InChI is InChI=1S/C27H22N6O16S4.4Na/c28-24-20(8-14(50(38,39)40)10-22(24)52(44,45)46)32-30-18-3-1-12(6-16(18)26(34)35)5-13-2-4-19(17(7-13)27(36)37)31-33-21-9-15(51(41,42)43)11-23(25(21)29)53(47,48)49;;;;/h1-4,6-11H,5,28-29H2,(H,34,35)(H,36,37)(H,38,39,40)(H,41,42,43)(H,44,45,46)(H,47,48,49);;;;/q;4*+1/p-4. The number of anilines is 2. The van der Waals surface area contributed by atoms with Gasteiger partial charge in [-0.3, -0.25) is 0 Å². The summed E-state index contributed by atoms with van der Waals surface area (Å²) in [4.78, 5) is 19.1. The molecule has 57 heavy (non-hydrogen) atoms. The number of rotatable bonds is 12. The van der Waals surface area contributed by atoms with Gasteiger partial charge in [0, 0.05) is 0 Å². The molecule has 0 radical (unpaired) electrons. The predicted molar refractivity (Wildman–Crippen MR) is 172 cm³/mol. The minimum atomic E-state index is -5.41. The van der Waals surface area contributed by atoms with Gasteiger partial charge in [-0.15, -0.1) is 20.5 Å². The van der Waals surface area contributed by atoms with E-state index in [2.05, 4.69) is 20.5 Å². The second-order valence-electron chi connectivity index (χ2n) is 10.4. The first-order chi connectivity index (χ1) is 24.3.